The quantitative estimate of drug-likeness (QED) is 0.211. The predicted molar refractivity (Wildman–Crippen MR) is 156 cm³/mol. The molecule has 0 aromatic heterocycles. The minimum Gasteiger partial charge on any atom is -0.354 e. The van der Waals surface area contributed by atoms with Crippen LogP contribution in [0, 0.1) is 5.92 Å². The van der Waals surface area contributed by atoms with Gasteiger partial charge in [0.1, 0.15) is 6.29 Å². The molecule has 8 heteroatoms. The van der Waals surface area contributed by atoms with Crippen LogP contribution in [0.2, 0.25) is 0 Å². The van der Waals surface area contributed by atoms with E-state index in [1.807, 2.05) is 17.0 Å². The lowest BCUT2D eigenvalue weighted by molar-refractivity contribution is -0.133. The summed E-state index contributed by atoms with van der Waals surface area (Å²) in [6, 6.07) is 20.5. The summed E-state index contributed by atoms with van der Waals surface area (Å²) >= 11 is 0. The molecule has 1 aliphatic heterocycles. The Labute approximate surface area is 233 Å². The number of carbonyl (C=O) groups excluding carboxylic acids is 2. The van der Waals surface area contributed by atoms with Gasteiger partial charge in [-0.2, -0.15) is 0 Å². The van der Waals surface area contributed by atoms with Crippen molar-refractivity contribution in [2.75, 3.05) is 26.2 Å². The zero-order valence-electron chi connectivity index (χ0n) is 23.1. The maximum Gasteiger partial charge on any atom is 0.239 e. The summed E-state index contributed by atoms with van der Waals surface area (Å²) in [5.41, 5.74) is 13.7. The van der Waals surface area contributed by atoms with Crippen LogP contribution in [0.25, 0.3) is 0 Å². The van der Waals surface area contributed by atoms with E-state index < -0.39 is 6.29 Å². The number of benzene rings is 2. The van der Waals surface area contributed by atoms with E-state index in [1.165, 1.54) is 17.5 Å². The number of nitrogens with one attached hydrogen (secondary N) is 3. The predicted octanol–water partition coefficient (Wildman–Crippen LogP) is 2.64. The number of rotatable bonds is 12. The van der Waals surface area contributed by atoms with E-state index >= 15 is 0 Å². The maximum atomic E-state index is 13.9. The van der Waals surface area contributed by atoms with Crippen molar-refractivity contribution in [2.24, 2.45) is 17.4 Å². The van der Waals surface area contributed by atoms with Crippen LogP contribution >= 0.6 is 0 Å². The molecule has 212 valence electrons. The molecule has 1 saturated carbocycles. The summed E-state index contributed by atoms with van der Waals surface area (Å²) in [5, 5.41) is 9.83. The first kappa shape index (κ1) is 29.2. The molecule has 2 aliphatic rings. The molecule has 2 aromatic rings. The lowest BCUT2D eigenvalue weighted by atomic mass is 9.88. The van der Waals surface area contributed by atoms with E-state index in [2.05, 4.69) is 64.5 Å². The molecule has 1 heterocycles. The van der Waals surface area contributed by atoms with Gasteiger partial charge in [-0.05, 0) is 49.8 Å². The largest absolute Gasteiger partial charge is 0.354 e. The monoisotopic (exact) mass is 534 g/mol. The summed E-state index contributed by atoms with van der Waals surface area (Å²) in [7, 11) is 0. The number of hydrogen-bond donors (Lipinski definition) is 5. The van der Waals surface area contributed by atoms with Gasteiger partial charge in [-0.25, -0.2) is 0 Å². The van der Waals surface area contributed by atoms with Crippen LogP contribution in [0.5, 0.6) is 0 Å². The Morgan fingerprint density at radius 1 is 0.949 bits per heavy atom. The average molecular weight is 535 g/mol. The van der Waals surface area contributed by atoms with E-state index in [9.17, 15) is 9.59 Å². The number of carbonyl (C=O) groups is 2. The van der Waals surface area contributed by atoms with Crippen molar-refractivity contribution in [2.45, 2.75) is 75.7 Å². The van der Waals surface area contributed by atoms with Gasteiger partial charge in [-0.1, -0.05) is 79.9 Å². The van der Waals surface area contributed by atoms with Crippen molar-refractivity contribution in [3.8, 4) is 0 Å². The first-order valence-electron chi connectivity index (χ1n) is 14.7. The van der Waals surface area contributed by atoms with E-state index in [0.717, 1.165) is 38.5 Å². The lowest BCUT2D eigenvalue weighted by Crippen LogP contribution is -2.50. The molecule has 0 unspecified atom stereocenters. The van der Waals surface area contributed by atoms with Crippen molar-refractivity contribution in [1.29, 1.82) is 0 Å². The van der Waals surface area contributed by atoms with Crippen molar-refractivity contribution >= 4 is 11.8 Å². The highest BCUT2D eigenvalue weighted by Gasteiger charge is 2.33. The van der Waals surface area contributed by atoms with Crippen molar-refractivity contribution in [1.82, 2.24) is 20.9 Å². The fourth-order valence-corrected chi connectivity index (χ4v) is 5.93. The van der Waals surface area contributed by atoms with Crippen LogP contribution in [0.1, 0.15) is 68.4 Å². The Morgan fingerprint density at radius 3 is 2.21 bits per heavy atom. The normalized spacial score (nSPS) is 20.8. The standard InChI is InChI=1S/C31H46N6O2/c32-31(33)34-19-10-17-28-30(39)37(20-18-26(36-28)21-35-29(38)25-15-8-3-9-16-25)22-27(23-11-4-1-5-12-23)24-13-6-2-7-14-24/h1-2,4-7,11-14,25-28,31,34,36H,3,8-10,15-22,32-33H2,(H,35,38)/t26-,28-/m0/s1. The SMILES string of the molecule is NC(N)NCCC[C@@H]1N[C@H](CNC(=O)C2CCCCC2)CCN(CC(c2ccccc2)c2ccccc2)C1=O. The fourth-order valence-electron chi connectivity index (χ4n) is 5.93. The van der Waals surface area contributed by atoms with Crippen LogP contribution < -0.4 is 27.4 Å². The van der Waals surface area contributed by atoms with Gasteiger partial charge >= 0.3 is 0 Å². The Kier molecular flexibility index (Phi) is 11.3. The molecule has 2 aromatic carbocycles. The number of hydrogen-bond acceptors (Lipinski definition) is 6. The van der Waals surface area contributed by atoms with E-state index in [4.69, 9.17) is 11.5 Å². The van der Waals surface area contributed by atoms with Crippen LogP contribution in [-0.2, 0) is 9.59 Å². The minimum absolute atomic E-state index is 0.0353. The number of nitrogens with zero attached hydrogens (tertiary/aromatic N) is 1. The Bertz CT molecular complexity index is 973. The molecular formula is C31H46N6O2. The molecule has 1 saturated heterocycles. The lowest BCUT2D eigenvalue weighted by Gasteiger charge is -2.29. The van der Waals surface area contributed by atoms with E-state index in [0.29, 0.717) is 32.6 Å². The molecule has 7 N–H and O–H groups in total. The van der Waals surface area contributed by atoms with Gasteiger partial charge in [-0.15, -0.1) is 0 Å². The zero-order valence-corrected chi connectivity index (χ0v) is 23.1. The molecule has 2 amide bonds. The molecule has 2 fully saturated rings. The average Bonchev–Trinajstić information content (AvgIpc) is 3.12. The van der Waals surface area contributed by atoms with Gasteiger partial charge in [0.2, 0.25) is 11.8 Å². The van der Waals surface area contributed by atoms with Crippen LogP contribution in [0.3, 0.4) is 0 Å². The first-order chi connectivity index (χ1) is 19.0. The van der Waals surface area contributed by atoms with Gasteiger partial charge in [0.25, 0.3) is 0 Å². The third kappa shape index (κ3) is 8.86. The van der Waals surface area contributed by atoms with Crippen molar-refractivity contribution in [3.05, 3.63) is 71.8 Å². The molecular weight excluding hydrogens is 488 g/mol. The smallest absolute Gasteiger partial charge is 0.239 e. The third-order valence-electron chi connectivity index (χ3n) is 8.15. The molecule has 0 spiro atoms. The molecule has 2 atom stereocenters. The number of nitrogens with two attached hydrogens (primary N) is 2. The van der Waals surface area contributed by atoms with Crippen molar-refractivity contribution < 1.29 is 9.59 Å². The Hall–Kier alpha value is -2.78. The van der Waals surface area contributed by atoms with E-state index in [-0.39, 0.29) is 35.7 Å². The van der Waals surface area contributed by atoms with Gasteiger partial charge in [0.05, 0.1) is 6.04 Å². The van der Waals surface area contributed by atoms with Crippen LogP contribution in [-0.4, -0.2) is 61.3 Å². The highest BCUT2D eigenvalue weighted by Crippen LogP contribution is 2.27. The van der Waals surface area contributed by atoms with Crippen molar-refractivity contribution in [3.63, 3.8) is 0 Å². The number of amides is 2. The van der Waals surface area contributed by atoms with E-state index in [1.54, 1.807) is 0 Å². The summed E-state index contributed by atoms with van der Waals surface area (Å²) in [6.07, 6.45) is 7.11. The van der Waals surface area contributed by atoms with Crippen LogP contribution in [0.15, 0.2) is 60.7 Å². The molecule has 1 aliphatic carbocycles. The highest BCUT2D eigenvalue weighted by molar-refractivity contribution is 5.82. The second-order valence-electron chi connectivity index (χ2n) is 11.1. The zero-order chi connectivity index (χ0) is 27.5. The van der Waals surface area contributed by atoms with Gasteiger partial charge in [0, 0.05) is 37.5 Å². The Balaban J connectivity index is 1.46. The molecule has 39 heavy (non-hydrogen) atoms. The molecule has 8 nitrogen and oxygen atoms in total. The van der Waals surface area contributed by atoms with Gasteiger partial charge in [0.15, 0.2) is 0 Å². The minimum atomic E-state index is -0.570. The second kappa shape index (κ2) is 15.1. The summed E-state index contributed by atoms with van der Waals surface area (Å²) < 4.78 is 0. The first-order valence-corrected chi connectivity index (χ1v) is 14.7. The van der Waals surface area contributed by atoms with Gasteiger partial charge in [-0.3, -0.25) is 14.9 Å². The topological polar surface area (TPSA) is 126 Å². The fraction of sp³-hybridized carbons (Fsp3) is 0.548. The maximum absolute atomic E-state index is 13.9. The second-order valence-corrected chi connectivity index (χ2v) is 11.1. The third-order valence-corrected chi connectivity index (χ3v) is 8.15. The summed E-state index contributed by atoms with van der Waals surface area (Å²) in [4.78, 5) is 28.8. The molecule has 0 radical (unpaired) electrons. The molecule has 4 rings (SSSR count). The van der Waals surface area contributed by atoms with Crippen LogP contribution in [0.4, 0.5) is 0 Å². The van der Waals surface area contributed by atoms with Gasteiger partial charge < -0.3 is 27.0 Å². The summed E-state index contributed by atoms with van der Waals surface area (Å²) in [6.45, 7) is 2.44. The highest BCUT2D eigenvalue weighted by atomic mass is 16.2. The Morgan fingerprint density at radius 2 is 1.59 bits per heavy atom. The summed E-state index contributed by atoms with van der Waals surface area (Å²) in [5.74, 6) is 0.485. The molecule has 0 bridgehead atoms.